The Bertz CT molecular complexity index is 1350. The Balaban J connectivity index is 1.45. The van der Waals surface area contributed by atoms with Gasteiger partial charge in [-0.3, -0.25) is 19.5 Å². The van der Waals surface area contributed by atoms with Crippen LogP contribution in [0.1, 0.15) is 36.8 Å². The lowest BCUT2D eigenvalue weighted by molar-refractivity contribution is -0.143. The maximum atomic E-state index is 13.8. The van der Waals surface area contributed by atoms with Crippen molar-refractivity contribution in [3.05, 3.63) is 78.1 Å². The second kappa shape index (κ2) is 13.0. The number of aliphatic carboxylic acids is 1. The highest BCUT2D eigenvalue weighted by atomic mass is 16.5. The molecule has 2 aliphatic heterocycles. The number of ether oxygens (including phenoxy) is 3. The number of pyridine rings is 1. The van der Waals surface area contributed by atoms with E-state index in [1.54, 1.807) is 36.5 Å². The van der Waals surface area contributed by atoms with Crippen molar-refractivity contribution >= 4 is 17.6 Å². The number of unbranched alkanes of at least 4 members (excludes halogenated alkanes) is 1. The average molecular weight is 560 g/mol. The molecule has 216 valence electrons. The fourth-order valence-electron chi connectivity index (χ4n) is 5.87. The van der Waals surface area contributed by atoms with Gasteiger partial charge >= 0.3 is 5.97 Å². The highest BCUT2D eigenvalue weighted by Gasteiger charge is 2.48. The normalized spacial score (nSPS) is 19.8. The van der Waals surface area contributed by atoms with Gasteiger partial charge in [-0.1, -0.05) is 37.6 Å². The molecule has 1 unspecified atom stereocenters. The number of carbonyl (C=O) groups excluding carboxylic acids is 1. The van der Waals surface area contributed by atoms with Crippen molar-refractivity contribution in [2.75, 3.05) is 44.9 Å². The van der Waals surface area contributed by atoms with Gasteiger partial charge in [0, 0.05) is 31.6 Å². The standard InChI is InChI=1S/C32H37N3O6/c1-3-4-15-35(24-8-7-14-33-18-24)30(36)20-34-19-25(22-11-12-27-23(17-22)13-16-40-27)31(32(37)38)26(34)21-41-29-10-6-5-9-28(29)39-2/h5-12,14,17-18,25-26,31H,3-4,13,15-16,19-21H2,1-2H3,(H,37,38)/t25-,26+,31?/m1/s1. The van der Waals surface area contributed by atoms with Crippen LogP contribution in [0, 0.1) is 5.92 Å². The van der Waals surface area contributed by atoms with E-state index in [0.29, 0.717) is 31.2 Å². The van der Waals surface area contributed by atoms with Crippen molar-refractivity contribution in [3.8, 4) is 17.2 Å². The molecule has 1 N–H and O–H groups in total. The van der Waals surface area contributed by atoms with Gasteiger partial charge in [0.15, 0.2) is 11.5 Å². The fraction of sp³-hybridized carbons (Fsp3) is 0.406. The number of nitrogens with zero attached hydrogens (tertiary/aromatic N) is 3. The first-order valence-electron chi connectivity index (χ1n) is 14.2. The zero-order valence-electron chi connectivity index (χ0n) is 23.6. The van der Waals surface area contributed by atoms with E-state index < -0.39 is 17.9 Å². The summed E-state index contributed by atoms with van der Waals surface area (Å²) in [5.74, 6) is -0.155. The molecule has 9 nitrogen and oxygen atoms in total. The van der Waals surface area contributed by atoms with Crippen LogP contribution in [0.15, 0.2) is 67.0 Å². The summed E-state index contributed by atoms with van der Waals surface area (Å²) in [4.78, 5) is 34.6. The first-order chi connectivity index (χ1) is 20.0. The Morgan fingerprint density at radius 3 is 2.71 bits per heavy atom. The number of carbonyl (C=O) groups is 2. The minimum absolute atomic E-state index is 0.0624. The molecule has 0 spiro atoms. The molecule has 1 aromatic heterocycles. The van der Waals surface area contributed by atoms with Crippen molar-refractivity contribution in [2.24, 2.45) is 5.92 Å². The maximum absolute atomic E-state index is 13.8. The molecule has 0 aliphatic carbocycles. The summed E-state index contributed by atoms with van der Waals surface area (Å²) in [5.41, 5.74) is 2.76. The van der Waals surface area contributed by atoms with Gasteiger partial charge in [0.1, 0.15) is 12.4 Å². The lowest BCUT2D eigenvalue weighted by atomic mass is 9.84. The Kier molecular flexibility index (Phi) is 9.04. The summed E-state index contributed by atoms with van der Waals surface area (Å²) in [6.45, 7) is 3.85. The predicted molar refractivity (Wildman–Crippen MR) is 155 cm³/mol. The number of likely N-dealkylation sites (tertiary alicyclic amines) is 1. The third-order valence-corrected chi connectivity index (χ3v) is 7.99. The number of aromatic nitrogens is 1. The van der Waals surface area contributed by atoms with Crippen molar-refractivity contribution in [2.45, 2.75) is 38.1 Å². The second-order valence-corrected chi connectivity index (χ2v) is 10.5. The zero-order valence-corrected chi connectivity index (χ0v) is 23.6. The number of carboxylic acid groups (broad SMARTS) is 1. The number of fused-ring (bicyclic) bond motifs is 1. The molecule has 1 saturated heterocycles. The van der Waals surface area contributed by atoms with Crippen LogP contribution >= 0.6 is 0 Å². The third kappa shape index (κ3) is 6.30. The SMILES string of the molecule is CCCCN(C(=O)CN1C[C@H](c2ccc3c(c2)CCO3)C(C(=O)O)[C@@H]1COc1ccccc1OC)c1cccnc1. The molecule has 41 heavy (non-hydrogen) atoms. The number of amides is 1. The van der Waals surface area contributed by atoms with Crippen LogP contribution in [-0.2, 0) is 16.0 Å². The number of carboxylic acids is 1. The van der Waals surface area contributed by atoms with E-state index in [9.17, 15) is 14.7 Å². The number of anilines is 1. The molecule has 5 rings (SSSR count). The average Bonchev–Trinajstić information content (AvgIpc) is 3.61. The summed E-state index contributed by atoms with van der Waals surface area (Å²) in [6, 6.07) is 16.4. The highest BCUT2D eigenvalue weighted by Crippen LogP contribution is 2.40. The lowest BCUT2D eigenvalue weighted by Gasteiger charge is -2.29. The summed E-state index contributed by atoms with van der Waals surface area (Å²) >= 11 is 0. The van der Waals surface area contributed by atoms with Gasteiger partial charge in [-0.2, -0.15) is 0 Å². The van der Waals surface area contributed by atoms with Crippen LogP contribution in [0.5, 0.6) is 17.2 Å². The predicted octanol–water partition coefficient (Wildman–Crippen LogP) is 4.41. The van der Waals surface area contributed by atoms with Crippen molar-refractivity contribution in [3.63, 3.8) is 0 Å². The van der Waals surface area contributed by atoms with Crippen molar-refractivity contribution < 1.29 is 28.9 Å². The van der Waals surface area contributed by atoms with Crippen LogP contribution in [0.25, 0.3) is 0 Å². The first kappa shape index (κ1) is 28.4. The van der Waals surface area contributed by atoms with Gasteiger partial charge in [-0.15, -0.1) is 0 Å². The monoisotopic (exact) mass is 559 g/mol. The van der Waals surface area contributed by atoms with Gasteiger partial charge in [0.25, 0.3) is 0 Å². The minimum atomic E-state index is -0.912. The van der Waals surface area contributed by atoms with Gasteiger partial charge < -0.3 is 24.2 Å². The summed E-state index contributed by atoms with van der Waals surface area (Å²) in [7, 11) is 1.57. The summed E-state index contributed by atoms with van der Waals surface area (Å²) < 4.78 is 17.3. The molecule has 2 aromatic carbocycles. The number of hydrogen-bond acceptors (Lipinski definition) is 7. The first-order valence-corrected chi connectivity index (χ1v) is 14.2. The van der Waals surface area contributed by atoms with Crippen molar-refractivity contribution in [1.82, 2.24) is 9.88 Å². The third-order valence-electron chi connectivity index (χ3n) is 7.99. The van der Waals surface area contributed by atoms with Gasteiger partial charge in [0.05, 0.1) is 44.1 Å². The topological polar surface area (TPSA) is 101 Å². The molecule has 3 aromatic rings. The molecule has 2 aliphatic rings. The van der Waals surface area contributed by atoms with Gasteiger partial charge in [-0.05, 0) is 47.9 Å². The molecule has 0 saturated carbocycles. The van der Waals surface area contributed by atoms with E-state index in [1.165, 1.54) is 0 Å². The largest absolute Gasteiger partial charge is 0.493 e. The fourth-order valence-corrected chi connectivity index (χ4v) is 5.87. The quantitative estimate of drug-likeness (QED) is 0.348. The van der Waals surface area contributed by atoms with E-state index in [-0.39, 0.29) is 25.0 Å². The minimum Gasteiger partial charge on any atom is -0.493 e. The molecule has 3 atom stereocenters. The van der Waals surface area contributed by atoms with Crippen LogP contribution < -0.4 is 19.1 Å². The second-order valence-electron chi connectivity index (χ2n) is 10.5. The van der Waals surface area contributed by atoms with E-state index in [4.69, 9.17) is 14.2 Å². The molecule has 3 heterocycles. The van der Waals surface area contributed by atoms with Gasteiger partial charge in [0.2, 0.25) is 5.91 Å². The Hall–Kier alpha value is -4.11. The Morgan fingerprint density at radius 2 is 1.98 bits per heavy atom. The molecule has 0 radical (unpaired) electrons. The van der Waals surface area contributed by atoms with E-state index >= 15 is 0 Å². The molecular formula is C32H37N3O6. The molecule has 9 heteroatoms. The molecular weight excluding hydrogens is 522 g/mol. The number of para-hydroxylation sites is 2. The number of benzene rings is 2. The van der Waals surface area contributed by atoms with Crippen LogP contribution in [0.2, 0.25) is 0 Å². The summed E-state index contributed by atoms with van der Waals surface area (Å²) in [6.07, 6.45) is 5.96. The number of methoxy groups -OCH3 is 1. The zero-order chi connectivity index (χ0) is 28.8. The Labute approximate surface area is 240 Å². The highest BCUT2D eigenvalue weighted by molar-refractivity contribution is 5.94. The van der Waals surface area contributed by atoms with E-state index in [1.807, 2.05) is 41.3 Å². The maximum Gasteiger partial charge on any atom is 0.308 e. The van der Waals surface area contributed by atoms with Crippen LogP contribution in [0.4, 0.5) is 5.69 Å². The molecule has 0 bridgehead atoms. The number of hydrogen-bond donors (Lipinski definition) is 1. The van der Waals surface area contributed by atoms with E-state index in [0.717, 1.165) is 41.8 Å². The van der Waals surface area contributed by atoms with Crippen LogP contribution in [-0.4, -0.2) is 72.9 Å². The number of rotatable bonds is 12. The molecule has 1 fully saturated rings. The van der Waals surface area contributed by atoms with Crippen molar-refractivity contribution in [1.29, 1.82) is 0 Å². The van der Waals surface area contributed by atoms with Gasteiger partial charge in [-0.25, -0.2) is 0 Å². The van der Waals surface area contributed by atoms with E-state index in [2.05, 4.69) is 18.0 Å². The molecule has 1 amide bonds. The van der Waals surface area contributed by atoms with Crippen LogP contribution in [0.3, 0.4) is 0 Å². The lowest BCUT2D eigenvalue weighted by Crippen LogP contribution is -2.46. The Morgan fingerprint density at radius 1 is 1.15 bits per heavy atom. The summed E-state index contributed by atoms with van der Waals surface area (Å²) in [5, 5.41) is 10.5. The smallest absolute Gasteiger partial charge is 0.308 e.